The molecule has 0 radical (unpaired) electrons. The highest BCUT2D eigenvalue weighted by molar-refractivity contribution is 5.86. The molecule has 0 spiro atoms. The minimum absolute atomic E-state index is 0.0521. The molecule has 0 N–H and O–H groups in total. The van der Waals surface area contributed by atoms with Gasteiger partial charge in [0.15, 0.2) is 0 Å². The zero-order chi connectivity index (χ0) is 35.1. The van der Waals surface area contributed by atoms with E-state index in [4.69, 9.17) is 0 Å². The van der Waals surface area contributed by atoms with Gasteiger partial charge in [-0.05, 0) is 136 Å². The monoisotopic (exact) mass is 677 g/mol. The van der Waals surface area contributed by atoms with Crippen molar-refractivity contribution in [1.82, 2.24) is 0 Å². The fourth-order valence-corrected chi connectivity index (χ4v) is 9.67. The largest absolute Gasteiger partial charge is 0.310 e. The van der Waals surface area contributed by atoms with E-state index in [-0.39, 0.29) is 5.41 Å². The highest BCUT2D eigenvalue weighted by Crippen LogP contribution is 2.50. The minimum atomic E-state index is -0.0521. The molecule has 0 amide bonds. The number of rotatable bonds is 7. The van der Waals surface area contributed by atoms with Crippen LogP contribution in [-0.4, -0.2) is 0 Å². The Bertz CT molecular complexity index is 2160. The molecule has 0 saturated heterocycles. The van der Waals surface area contributed by atoms with E-state index in [1.807, 2.05) is 0 Å². The Kier molecular flexibility index (Phi) is 8.83. The van der Waals surface area contributed by atoms with Gasteiger partial charge in [-0.2, -0.15) is 0 Å². The van der Waals surface area contributed by atoms with Gasteiger partial charge in [-0.15, -0.1) is 0 Å². The smallest absolute Gasteiger partial charge is 0.0465 e. The maximum Gasteiger partial charge on any atom is 0.0465 e. The molecule has 9 rings (SSSR count). The number of hydrogen-bond donors (Lipinski definition) is 0. The van der Waals surface area contributed by atoms with Crippen LogP contribution in [0.4, 0.5) is 17.1 Å². The van der Waals surface area contributed by atoms with Gasteiger partial charge in [-0.3, -0.25) is 0 Å². The second-order valence-corrected chi connectivity index (χ2v) is 16.2. The average Bonchev–Trinajstić information content (AvgIpc) is 3.45. The summed E-state index contributed by atoms with van der Waals surface area (Å²) in [6.45, 7) is 4.75. The van der Waals surface area contributed by atoms with E-state index < -0.39 is 0 Å². The van der Waals surface area contributed by atoms with Crippen LogP contribution in [0.25, 0.3) is 33.4 Å². The van der Waals surface area contributed by atoms with Crippen LogP contribution in [0, 0.1) is 0 Å². The van der Waals surface area contributed by atoms with Gasteiger partial charge < -0.3 is 4.90 Å². The summed E-state index contributed by atoms with van der Waals surface area (Å²) in [6, 6.07) is 53.3. The van der Waals surface area contributed by atoms with Crippen LogP contribution in [0.1, 0.15) is 112 Å². The standard InChI is InChI=1S/C51H51N/c1-51(2)49-19-10-9-18-47(49)48-33-32-46(35-50(48)51)52(44-28-24-39(25-29-44)37-14-7-4-8-15-37)45-30-26-41(27-31-45)43-17-11-16-42(34-43)40-22-20-38(21-23-40)36-12-5-3-6-13-36/h9-11,16-37H,3-8,12-15H2,1-2H3. The van der Waals surface area contributed by atoms with Crippen LogP contribution in [0.2, 0.25) is 0 Å². The van der Waals surface area contributed by atoms with Crippen LogP contribution >= 0.6 is 0 Å². The first kappa shape index (κ1) is 33.0. The molecule has 2 fully saturated rings. The molecular weight excluding hydrogens is 627 g/mol. The van der Waals surface area contributed by atoms with Crippen molar-refractivity contribution in [3.05, 3.63) is 162 Å². The van der Waals surface area contributed by atoms with Crippen LogP contribution in [0.3, 0.4) is 0 Å². The van der Waals surface area contributed by atoms with Gasteiger partial charge in [-0.25, -0.2) is 0 Å². The van der Waals surface area contributed by atoms with Gasteiger partial charge in [0.1, 0.15) is 0 Å². The second kappa shape index (κ2) is 13.9. The lowest BCUT2D eigenvalue weighted by molar-refractivity contribution is 0.443. The highest BCUT2D eigenvalue weighted by Gasteiger charge is 2.35. The van der Waals surface area contributed by atoms with Crippen molar-refractivity contribution < 1.29 is 0 Å². The molecule has 260 valence electrons. The number of nitrogens with zero attached hydrogens (tertiary/aromatic N) is 1. The summed E-state index contributed by atoms with van der Waals surface area (Å²) in [5.41, 5.74) is 17.1. The van der Waals surface area contributed by atoms with Crippen molar-refractivity contribution in [1.29, 1.82) is 0 Å². The molecule has 2 saturated carbocycles. The number of fused-ring (bicyclic) bond motifs is 3. The SMILES string of the molecule is CC1(C)c2ccccc2-c2ccc(N(c3ccc(-c4cccc(-c5ccc(C6CCCCC6)cc5)c4)cc3)c3ccc(C4CCCCC4)cc3)cc21. The Morgan fingerprint density at radius 3 is 1.48 bits per heavy atom. The lowest BCUT2D eigenvalue weighted by Gasteiger charge is -2.29. The first-order valence-electron chi connectivity index (χ1n) is 20.0. The average molecular weight is 678 g/mol. The van der Waals surface area contributed by atoms with Crippen LogP contribution in [0.15, 0.2) is 140 Å². The summed E-state index contributed by atoms with van der Waals surface area (Å²) in [4.78, 5) is 2.46. The lowest BCUT2D eigenvalue weighted by atomic mass is 9.82. The van der Waals surface area contributed by atoms with Gasteiger partial charge in [0, 0.05) is 22.5 Å². The van der Waals surface area contributed by atoms with Crippen LogP contribution in [0.5, 0.6) is 0 Å². The van der Waals surface area contributed by atoms with Gasteiger partial charge in [-0.1, -0.05) is 149 Å². The Morgan fingerprint density at radius 2 is 0.885 bits per heavy atom. The number of benzene rings is 6. The molecule has 0 aliphatic heterocycles. The molecule has 1 nitrogen and oxygen atoms in total. The zero-order valence-electron chi connectivity index (χ0n) is 31.0. The van der Waals surface area contributed by atoms with Crippen molar-refractivity contribution in [3.8, 4) is 33.4 Å². The van der Waals surface area contributed by atoms with Crippen molar-refractivity contribution in [2.75, 3.05) is 4.90 Å². The normalized spacial score (nSPS) is 17.0. The molecule has 0 heterocycles. The molecule has 3 aliphatic carbocycles. The first-order valence-corrected chi connectivity index (χ1v) is 20.0. The summed E-state index contributed by atoms with van der Waals surface area (Å²) in [6.07, 6.45) is 13.6. The molecule has 52 heavy (non-hydrogen) atoms. The molecule has 6 aromatic rings. The third-order valence-corrected chi connectivity index (χ3v) is 12.7. The minimum Gasteiger partial charge on any atom is -0.310 e. The summed E-state index contributed by atoms with van der Waals surface area (Å²) in [5.74, 6) is 1.43. The van der Waals surface area contributed by atoms with Crippen molar-refractivity contribution in [2.45, 2.75) is 95.3 Å². The summed E-state index contributed by atoms with van der Waals surface area (Å²) in [5, 5.41) is 0. The van der Waals surface area contributed by atoms with E-state index in [0.29, 0.717) is 5.92 Å². The van der Waals surface area contributed by atoms with E-state index >= 15 is 0 Å². The summed E-state index contributed by atoms with van der Waals surface area (Å²) in [7, 11) is 0. The van der Waals surface area contributed by atoms with E-state index in [2.05, 4.69) is 158 Å². The number of hydrogen-bond acceptors (Lipinski definition) is 1. The first-order chi connectivity index (χ1) is 25.5. The third kappa shape index (κ3) is 6.19. The van der Waals surface area contributed by atoms with E-state index in [9.17, 15) is 0 Å². The maximum atomic E-state index is 2.46. The van der Waals surface area contributed by atoms with E-state index in [0.717, 1.165) is 5.92 Å². The van der Waals surface area contributed by atoms with Gasteiger partial charge in [0.25, 0.3) is 0 Å². The molecule has 0 bridgehead atoms. The Hall–Kier alpha value is -4.88. The molecule has 3 aliphatic rings. The quantitative estimate of drug-likeness (QED) is 0.163. The van der Waals surface area contributed by atoms with E-state index in [1.54, 1.807) is 0 Å². The van der Waals surface area contributed by atoms with Gasteiger partial charge in [0.2, 0.25) is 0 Å². The Balaban J connectivity index is 1.04. The Morgan fingerprint density at radius 1 is 0.404 bits per heavy atom. The van der Waals surface area contributed by atoms with Gasteiger partial charge in [0.05, 0.1) is 0 Å². The van der Waals surface area contributed by atoms with Crippen LogP contribution < -0.4 is 4.90 Å². The number of anilines is 3. The lowest BCUT2D eigenvalue weighted by Crippen LogP contribution is -2.16. The topological polar surface area (TPSA) is 3.24 Å². The predicted octanol–water partition coefficient (Wildman–Crippen LogP) is 14.9. The molecule has 1 heteroatoms. The van der Waals surface area contributed by atoms with Crippen molar-refractivity contribution in [3.63, 3.8) is 0 Å². The van der Waals surface area contributed by atoms with E-state index in [1.165, 1.54) is 137 Å². The van der Waals surface area contributed by atoms with Crippen LogP contribution in [-0.2, 0) is 5.41 Å². The third-order valence-electron chi connectivity index (χ3n) is 12.7. The molecular formula is C51H51N. The molecule has 6 aromatic carbocycles. The van der Waals surface area contributed by atoms with Crippen molar-refractivity contribution in [2.24, 2.45) is 0 Å². The Labute approximate surface area is 311 Å². The fourth-order valence-electron chi connectivity index (χ4n) is 9.67. The molecule has 0 unspecified atom stereocenters. The molecule has 0 atom stereocenters. The predicted molar refractivity (Wildman–Crippen MR) is 221 cm³/mol. The maximum absolute atomic E-state index is 2.46. The fraction of sp³-hybridized carbons (Fsp3) is 0.294. The highest BCUT2D eigenvalue weighted by atomic mass is 15.1. The zero-order valence-corrected chi connectivity index (χ0v) is 31.0. The summed E-state index contributed by atoms with van der Waals surface area (Å²) < 4.78 is 0. The summed E-state index contributed by atoms with van der Waals surface area (Å²) >= 11 is 0. The van der Waals surface area contributed by atoms with Crippen molar-refractivity contribution >= 4 is 17.1 Å². The van der Waals surface area contributed by atoms with Gasteiger partial charge >= 0.3 is 0 Å². The molecule has 0 aromatic heterocycles. The second-order valence-electron chi connectivity index (χ2n) is 16.2.